The number of methoxy groups -OCH3 is 1. The number of aliphatic hydroxyl groups is 1. The van der Waals surface area contributed by atoms with Crippen molar-refractivity contribution in [1.82, 2.24) is 4.98 Å². The molecule has 0 saturated heterocycles. The Morgan fingerprint density at radius 2 is 2.43 bits per heavy atom. The monoisotopic (exact) mass is 216 g/mol. The van der Waals surface area contributed by atoms with Crippen LogP contribution in [-0.4, -0.2) is 30.4 Å². The summed E-state index contributed by atoms with van der Waals surface area (Å²) in [7, 11) is 1.63. The molecule has 14 heavy (non-hydrogen) atoms. The maximum Gasteiger partial charge on any atom is 0.119 e. The first-order valence-electron chi connectivity index (χ1n) is 4.41. The van der Waals surface area contributed by atoms with Gasteiger partial charge in [-0.15, -0.1) is 11.3 Å². The van der Waals surface area contributed by atoms with Gasteiger partial charge >= 0.3 is 0 Å². The topological polar surface area (TPSA) is 68.4 Å². The van der Waals surface area contributed by atoms with Crippen molar-refractivity contribution in [2.45, 2.75) is 18.9 Å². The Morgan fingerprint density at radius 3 is 2.93 bits per heavy atom. The summed E-state index contributed by atoms with van der Waals surface area (Å²) in [6.07, 6.45) is 0. The summed E-state index contributed by atoms with van der Waals surface area (Å²) in [6.45, 7) is 2.81. The molecular formula is C9H16N2O2S. The standard InChI is InChI=1S/C9H16N2O2S/c1-9(5-10,6-12)7-4-14-8(11-7)3-13-2/h4,12H,3,5-6,10H2,1-2H3. The molecule has 0 saturated carbocycles. The van der Waals surface area contributed by atoms with Crippen LogP contribution in [0.3, 0.4) is 0 Å². The van der Waals surface area contributed by atoms with Crippen LogP contribution >= 0.6 is 11.3 Å². The van der Waals surface area contributed by atoms with Crippen LogP contribution in [0.4, 0.5) is 0 Å². The lowest BCUT2D eigenvalue weighted by Gasteiger charge is -2.22. The van der Waals surface area contributed by atoms with Gasteiger partial charge in [-0.3, -0.25) is 0 Å². The van der Waals surface area contributed by atoms with E-state index in [1.165, 1.54) is 11.3 Å². The Bertz CT molecular complexity index is 284. The first-order chi connectivity index (χ1) is 6.66. The lowest BCUT2D eigenvalue weighted by molar-refractivity contribution is 0.182. The molecule has 5 heteroatoms. The lowest BCUT2D eigenvalue weighted by atomic mass is 9.89. The molecule has 0 aromatic carbocycles. The number of nitrogens with zero attached hydrogens (tertiary/aromatic N) is 1. The van der Waals surface area contributed by atoms with Crippen LogP contribution in [0.5, 0.6) is 0 Å². The average Bonchev–Trinajstić information content (AvgIpc) is 2.66. The summed E-state index contributed by atoms with van der Waals surface area (Å²) in [4.78, 5) is 4.37. The Hall–Kier alpha value is -0.490. The second-order valence-electron chi connectivity index (χ2n) is 3.48. The number of ether oxygens (including phenoxy) is 1. The fraction of sp³-hybridized carbons (Fsp3) is 0.667. The van der Waals surface area contributed by atoms with Crippen molar-refractivity contribution in [3.05, 3.63) is 16.1 Å². The molecule has 1 aromatic heterocycles. The molecule has 0 spiro atoms. The van der Waals surface area contributed by atoms with Gasteiger partial charge < -0.3 is 15.6 Å². The molecule has 80 valence electrons. The van der Waals surface area contributed by atoms with Crippen molar-refractivity contribution < 1.29 is 9.84 Å². The molecule has 0 bridgehead atoms. The van der Waals surface area contributed by atoms with Gasteiger partial charge in [-0.05, 0) is 0 Å². The van der Waals surface area contributed by atoms with Gasteiger partial charge in [0.1, 0.15) is 5.01 Å². The van der Waals surface area contributed by atoms with E-state index in [1.54, 1.807) is 7.11 Å². The minimum Gasteiger partial charge on any atom is -0.395 e. The van der Waals surface area contributed by atoms with Gasteiger partial charge in [0.05, 0.1) is 18.9 Å². The summed E-state index contributed by atoms with van der Waals surface area (Å²) in [5, 5.41) is 12.1. The van der Waals surface area contributed by atoms with Crippen molar-refractivity contribution >= 4 is 11.3 Å². The molecule has 1 atom stereocenters. The normalized spacial score (nSPS) is 15.4. The van der Waals surface area contributed by atoms with E-state index in [-0.39, 0.29) is 6.61 Å². The number of rotatable bonds is 5. The van der Waals surface area contributed by atoms with E-state index in [9.17, 15) is 5.11 Å². The largest absolute Gasteiger partial charge is 0.395 e. The van der Waals surface area contributed by atoms with E-state index >= 15 is 0 Å². The van der Waals surface area contributed by atoms with E-state index in [0.29, 0.717) is 13.2 Å². The van der Waals surface area contributed by atoms with E-state index in [0.717, 1.165) is 10.7 Å². The second kappa shape index (κ2) is 4.84. The highest BCUT2D eigenvalue weighted by atomic mass is 32.1. The van der Waals surface area contributed by atoms with E-state index < -0.39 is 5.41 Å². The van der Waals surface area contributed by atoms with Crippen molar-refractivity contribution in [2.75, 3.05) is 20.3 Å². The SMILES string of the molecule is COCc1nc(C(C)(CN)CO)cs1. The molecule has 0 aliphatic carbocycles. The molecule has 4 nitrogen and oxygen atoms in total. The molecule has 0 fully saturated rings. The Kier molecular flexibility index (Phi) is 4.00. The van der Waals surface area contributed by atoms with Crippen molar-refractivity contribution in [1.29, 1.82) is 0 Å². The highest BCUT2D eigenvalue weighted by molar-refractivity contribution is 7.09. The third kappa shape index (κ3) is 2.30. The molecule has 1 rings (SSSR count). The lowest BCUT2D eigenvalue weighted by Crippen LogP contribution is -2.35. The van der Waals surface area contributed by atoms with Gasteiger partial charge in [0, 0.05) is 24.4 Å². The van der Waals surface area contributed by atoms with Crippen LogP contribution in [0.2, 0.25) is 0 Å². The molecule has 0 aliphatic heterocycles. The third-order valence-electron chi connectivity index (χ3n) is 2.24. The van der Waals surface area contributed by atoms with E-state index in [4.69, 9.17) is 10.5 Å². The smallest absolute Gasteiger partial charge is 0.119 e. The minimum absolute atomic E-state index is 0.0135. The van der Waals surface area contributed by atoms with Crippen LogP contribution < -0.4 is 5.73 Å². The van der Waals surface area contributed by atoms with Gasteiger partial charge in [-0.25, -0.2) is 4.98 Å². The number of hydrogen-bond donors (Lipinski definition) is 2. The van der Waals surface area contributed by atoms with Gasteiger partial charge in [0.15, 0.2) is 0 Å². The number of hydrogen-bond acceptors (Lipinski definition) is 5. The Morgan fingerprint density at radius 1 is 1.71 bits per heavy atom. The fourth-order valence-corrected chi connectivity index (χ4v) is 1.95. The molecule has 0 amide bonds. The molecule has 1 heterocycles. The first-order valence-corrected chi connectivity index (χ1v) is 5.29. The molecule has 1 unspecified atom stereocenters. The van der Waals surface area contributed by atoms with Crippen LogP contribution in [0.1, 0.15) is 17.6 Å². The van der Waals surface area contributed by atoms with E-state index in [1.807, 2.05) is 12.3 Å². The van der Waals surface area contributed by atoms with Crippen LogP contribution in [0.15, 0.2) is 5.38 Å². The quantitative estimate of drug-likeness (QED) is 0.752. The zero-order chi connectivity index (χ0) is 10.6. The Labute approximate surface area is 87.7 Å². The van der Waals surface area contributed by atoms with Crippen molar-refractivity contribution in [3.63, 3.8) is 0 Å². The molecule has 0 aliphatic rings. The zero-order valence-electron chi connectivity index (χ0n) is 8.49. The predicted octanol–water partition coefficient (Wildman–Crippen LogP) is 0.498. The molecule has 1 aromatic rings. The van der Waals surface area contributed by atoms with Crippen LogP contribution in [0, 0.1) is 0 Å². The maximum atomic E-state index is 9.23. The number of thiazole rings is 1. The second-order valence-corrected chi connectivity index (χ2v) is 4.43. The first kappa shape index (κ1) is 11.6. The molecule has 3 N–H and O–H groups in total. The summed E-state index contributed by atoms with van der Waals surface area (Å²) >= 11 is 1.53. The van der Waals surface area contributed by atoms with Crippen molar-refractivity contribution in [2.24, 2.45) is 5.73 Å². The van der Waals surface area contributed by atoms with Crippen LogP contribution in [0.25, 0.3) is 0 Å². The minimum atomic E-state index is -0.428. The highest BCUT2D eigenvalue weighted by Gasteiger charge is 2.26. The molecular weight excluding hydrogens is 200 g/mol. The number of aliphatic hydroxyl groups excluding tert-OH is 1. The summed E-state index contributed by atoms with van der Waals surface area (Å²) < 4.78 is 4.98. The zero-order valence-corrected chi connectivity index (χ0v) is 9.30. The number of aromatic nitrogens is 1. The highest BCUT2D eigenvalue weighted by Crippen LogP contribution is 2.24. The molecule has 0 radical (unpaired) electrons. The number of nitrogens with two attached hydrogens (primary N) is 1. The average molecular weight is 216 g/mol. The van der Waals surface area contributed by atoms with Crippen molar-refractivity contribution in [3.8, 4) is 0 Å². The summed E-state index contributed by atoms with van der Waals surface area (Å²) in [5.74, 6) is 0. The summed E-state index contributed by atoms with van der Waals surface area (Å²) in [6, 6.07) is 0. The summed E-state index contributed by atoms with van der Waals surface area (Å²) in [5.41, 5.74) is 6.02. The van der Waals surface area contributed by atoms with Crippen LogP contribution in [-0.2, 0) is 16.8 Å². The van der Waals surface area contributed by atoms with Gasteiger partial charge in [0.25, 0.3) is 0 Å². The van der Waals surface area contributed by atoms with Gasteiger partial charge in [-0.1, -0.05) is 6.92 Å². The van der Waals surface area contributed by atoms with Gasteiger partial charge in [0.2, 0.25) is 0 Å². The predicted molar refractivity (Wildman–Crippen MR) is 56.3 cm³/mol. The fourth-order valence-electron chi connectivity index (χ4n) is 1.03. The maximum absolute atomic E-state index is 9.23. The van der Waals surface area contributed by atoms with E-state index in [2.05, 4.69) is 4.98 Å². The third-order valence-corrected chi connectivity index (χ3v) is 3.06. The van der Waals surface area contributed by atoms with Gasteiger partial charge in [-0.2, -0.15) is 0 Å². The Balaban J connectivity index is 2.84.